The Kier molecular flexibility index (Phi) is 4.68. The number of nitrogens with one attached hydrogen (secondary N) is 1. The number of aliphatic hydroxyl groups is 1. The molecule has 1 amide bonds. The fourth-order valence-corrected chi connectivity index (χ4v) is 2.92. The molecule has 1 atom stereocenters. The summed E-state index contributed by atoms with van der Waals surface area (Å²) in [5, 5.41) is 28.8. The summed E-state index contributed by atoms with van der Waals surface area (Å²) in [7, 11) is 0. The van der Waals surface area contributed by atoms with Crippen LogP contribution in [-0.2, 0) is 16.9 Å². The third kappa shape index (κ3) is 3.84. The fourth-order valence-electron chi connectivity index (χ4n) is 2.14. The van der Waals surface area contributed by atoms with E-state index in [2.05, 4.69) is 20.7 Å². The van der Waals surface area contributed by atoms with Gasteiger partial charge in [0, 0.05) is 5.56 Å². The van der Waals surface area contributed by atoms with Crippen molar-refractivity contribution in [2.45, 2.75) is 19.1 Å². The van der Waals surface area contributed by atoms with Gasteiger partial charge in [0.2, 0.25) is 11.7 Å². The Morgan fingerprint density at radius 3 is 2.83 bits per heavy atom. The molecule has 0 saturated heterocycles. The van der Waals surface area contributed by atoms with Gasteiger partial charge in [0.1, 0.15) is 12.1 Å². The van der Waals surface area contributed by atoms with Crippen molar-refractivity contribution in [2.75, 3.05) is 6.54 Å². The van der Waals surface area contributed by atoms with Gasteiger partial charge >= 0.3 is 0 Å². The van der Waals surface area contributed by atoms with Crippen molar-refractivity contribution in [1.29, 1.82) is 0 Å². The van der Waals surface area contributed by atoms with Gasteiger partial charge in [-0.1, -0.05) is 30.3 Å². The standard InChI is InChI=1S/C16H17N5O2S/c1-16(23,13-7-8-24-10-13)11-17-14(22)9-21-19-15(18-20-21)12-5-3-2-4-6-12/h2-8,10,23H,9,11H2,1H3,(H,17,22)/t16-/m1/s1. The van der Waals surface area contributed by atoms with Crippen LogP contribution >= 0.6 is 11.3 Å². The maximum atomic E-state index is 12.0. The molecule has 3 aromatic rings. The van der Waals surface area contributed by atoms with Crippen molar-refractivity contribution in [1.82, 2.24) is 25.5 Å². The Morgan fingerprint density at radius 2 is 2.12 bits per heavy atom. The van der Waals surface area contributed by atoms with Crippen molar-refractivity contribution in [2.24, 2.45) is 0 Å². The van der Waals surface area contributed by atoms with Crippen LogP contribution in [-0.4, -0.2) is 37.8 Å². The van der Waals surface area contributed by atoms with Crippen LogP contribution < -0.4 is 5.32 Å². The van der Waals surface area contributed by atoms with Crippen LogP contribution in [0.4, 0.5) is 0 Å². The zero-order chi connectivity index (χ0) is 17.0. The Balaban J connectivity index is 1.57. The molecule has 0 saturated carbocycles. The Bertz CT molecular complexity index is 799. The molecule has 3 rings (SSSR count). The molecule has 2 aromatic heterocycles. The van der Waals surface area contributed by atoms with Gasteiger partial charge in [-0.2, -0.15) is 16.1 Å². The molecule has 0 unspecified atom stereocenters. The van der Waals surface area contributed by atoms with Crippen LogP contribution in [0.25, 0.3) is 11.4 Å². The molecule has 2 N–H and O–H groups in total. The van der Waals surface area contributed by atoms with E-state index < -0.39 is 5.60 Å². The number of amides is 1. The lowest BCUT2D eigenvalue weighted by Gasteiger charge is -2.22. The molecule has 2 heterocycles. The summed E-state index contributed by atoms with van der Waals surface area (Å²) in [6, 6.07) is 11.3. The largest absolute Gasteiger partial charge is 0.384 e. The number of benzene rings is 1. The number of rotatable bonds is 6. The zero-order valence-electron chi connectivity index (χ0n) is 13.1. The summed E-state index contributed by atoms with van der Waals surface area (Å²) in [6.45, 7) is 1.72. The minimum Gasteiger partial charge on any atom is -0.384 e. The molecule has 0 radical (unpaired) electrons. The van der Waals surface area contributed by atoms with Gasteiger partial charge in [-0.05, 0) is 34.5 Å². The highest BCUT2D eigenvalue weighted by Crippen LogP contribution is 2.21. The molecule has 0 bridgehead atoms. The third-order valence-corrected chi connectivity index (χ3v) is 4.23. The van der Waals surface area contributed by atoms with E-state index in [9.17, 15) is 9.90 Å². The second-order valence-corrected chi connectivity index (χ2v) is 6.35. The molecule has 24 heavy (non-hydrogen) atoms. The van der Waals surface area contributed by atoms with E-state index in [1.54, 1.807) is 6.92 Å². The van der Waals surface area contributed by atoms with E-state index in [4.69, 9.17) is 0 Å². The zero-order valence-corrected chi connectivity index (χ0v) is 13.9. The minimum absolute atomic E-state index is 0.0560. The van der Waals surface area contributed by atoms with Gasteiger partial charge in [0.05, 0.1) is 6.54 Å². The first-order valence-corrected chi connectivity index (χ1v) is 8.34. The first-order valence-electron chi connectivity index (χ1n) is 7.39. The van der Waals surface area contributed by atoms with Crippen molar-refractivity contribution in [3.05, 3.63) is 52.7 Å². The normalized spacial score (nSPS) is 13.4. The Morgan fingerprint density at radius 1 is 1.33 bits per heavy atom. The maximum absolute atomic E-state index is 12.0. The number of thiophene rings is 1. The van der Waals surface area contributed by atoms with Crippen molar-refractivity contribution >= 4 is 17.2 Å². The number of nitrogens with zero attached hydrogens (tertiary/aromatic N) is 4. The summed E-state index contributed by atoms with van der Waals surface area (Å²) in [6.07, 6.45) is 0. The van der Waals surface area contributed by atoms with Gasteiger partial charge < -0.3 is 10.4 Å². The highest BCUT2D eigenvalue weighted by Gasteiger charge is 2.24. The van der Waals surface area contributed by atoms with Crippen molar-refractivity contribution in [3.8, 4) is 11.4 Å². The van der Waals surface area contributed by atoms with E-state index in [0.29, 0.717) is 5.82 Å². The second kappa shape index (κ2) is 6.90. The number of hydrogen-bond donors (Lipinski definition) is 2. The molecule has 0 spiro atoms. The lowest BCUT2D eigenvalue weighted by Crippen LogP contribution is -2.40. The molecular weight excluding hydrogens is 326 g/mol. The first kappa shape index (κ1) is 16.3. The number of hydrogen-bond acceptors (Lipinski definition) is 6. The molecule has 124 valence electrons. The molecule has 0 fully saturated rings. The van der Waals surface area contributed by atoms with Crippen LogP contribution in [0, 0.1) is 0 Å². The molecule has 0 aliphatic carbocycles. The van der Waals surface area contributed by atoms with Crippen LogP contribution in [0.3, 0.4) is 0 Å². The number of carbonyl (C=O) groups excluding carboxylic acids is 1. The molecule has 8 heteroatoms. The number of tetrazole rings is 1. The average molecular weight is 343 g/mol. The van der Waals surface area contributed by atoms with E-state index in [1.165, 1.54) is 16.1 Å². The molecule has 1 aromatic carbocycles. The third-order valence-electron chi connectivity index (χ3n) is 3.54. The van der Waals surface area contributed by atoms with Crippen LogP contribution in [0.5, 0.6) is 0 Å². The molecule has 0 aliphatic heterocycles. The van der Waals surface area contributed by atoms with Crippen LogP contribution in [0.2, 0.25) is 0 Å². The summed E-state index contributed by atoms with van der Waals surface area (Å²) >= 11 is 1.50. The Labute approximate surface area is 142 Å². The van der Waals surface area contributed by atoms with Gasteiger partial charge in [-0.15, -0.1) is 10.2 Å². The SMILES string of the molecule is C[C@@](O)(CNC(=O)Cn1nnc(-c2ccccc2)n1)c1ccsc1. The summed E-state index contributed by atoms with van der Waals surface area (Å²) < 4.78 is 0. The van der Waals surface area contributed by atoms with Gasteiger partial charge in [0.25, 0.3) is 0 Å². The second-order valence-electron chi connectivity index (χ2n) is 5.57. The van der Waals surface area contributed by atoms with Crippen LogP contribution in [0.15, 0.2) is 47.2 Å². The van der Waals surface area contributed by atoms with E-state index in [-0.39, 0.29) is 19.0 Å². The topological polar surface area (TPSA) is 92.9 Å². The van der Waals surface area contributed by atoms with Gasteiger partial charge in [-0.3, -0.25) is 4.79 Å². The highest BCUT2D eigenvalue weighted by molar-refractivity contribution is 7.08. The van der Waals surface area contributed by atoms with Crippen molar-refractivity contribution < 1.29 is 9.90 Å². The number of carbonyl (C=O) groups is 1. The molecule has 7 nitrogen and oxygen atoms in total. The number of aromatic nitrogens is 4. The smallest absolute Gasteiger partial charge is 0.243 e. The van der Waals surface area contributed by atoms with Gasteiger partial charge in [-0.25, -0.2) is 0 Å². The predicted molar refractivity (Wildman–Crippen MR) is 90.2 cm³/mol. The van der Waals surface area contributed by atoms with E-state index in [1.807, 2.05) is 47.2 Å². The first-order chi connectivity index (χ1) is 11.5. The lowest BCUT2D eigenvalue weighted by atomic mass is 9.99. The van der Waals surface area contributed by atoms with E-state index in [0.717, 1.165) is 11.1 Å². The Hall–Kier alpha value is -2.58. The average Bonchev–Trinajstić information content (AvgIpc) is 3.26. The quantitative estimate of drug-likeness (QED) is 0.706. The fraction of sp³-hybridized carbons (Fsp3) is 0.250. The molecule has 0 aliphatic rings. The summed E-state index contributed by atoms with van der Waals surface area (Å²) in [5.41, 5.74) is 0.503. The van der Waals surface area contributed by atoms with Crippen molar-refractivity contribution in [3.63, 3.8) is 0 Å². The summed E-state index contributed by atoms with van der Waals surface area (Å²) in [4.78, 5) is 13.3. The monoisotopic (exact) mass is 343 g/mol. The highest BCUT2D eigenvalue weighted by atomic mass is 32.1. The lowest BCUT2D eigenvalue weighted by molar-refractivity contribution is -0.123. The predicted octanol–water partition coefficient (Wildman–Crippen LogP) is 1.43. The van der Waals surface area contributed by atoms with Gasteiger partial charge in [0.15, 0.2) is 0 Å². The van der Waals surface area contributed by atoms with Crippen LogP contribution in [0.1, 0.15) is 12.5 Å². The minimum atomic E-state index is -1.11. The summed E-state index contributed by atoms with van der Waals surface area (Å²) in [5.74, 6) is 0.177. The molecular formula is C16H17N5O2S. The van der Waals surface area contributed by atoms with E-state index >= 15 is 0 Å². The maximum Gasteiger partial charge on any atom is 0.243 e.